The topological polar surface area (TPSA) is 81.5 Å². The summed E-state index contributed by atoms with van der Waals surface area (Å²) in [4.78, 5) is 23.2. The van der Waals surface area contributed by atoms with Crippen molar-refractivity contribution < 1.29 is 14.5 Å². The number of carbonyl (C=O) groups is 1. The van der Waals surface area contributed by atoms with Crippen LogP contribution in [0.2, 0.25) is 0 Å². The van der Waals surface area contributed by atoms with Gasteiger partial charge in [-0.3, -0.25) is 10.1 Å². The number of ether oxygens (including phenoxy) is 1. The summed E-state index contributed by atoms with van der Waals surface area (Å²) in [5.74, 6) is -0.430. The Morgan fingerprint density at radius 1 is 1.44 bits per heavy atom. The zero-order chi connectivity index (χ0) is 20.0. The predicted octanol–water partition coefficient (Wildman–Crippen LogP) is 5.28. The van der Waals surface area contributed by atoms with E-state index in [2.05, 4.69) is 30.6 Å². The van der Waals surface area contributed by atoms with Crippen LogP contribution >= 0.6 is 10.2 Å². The Balaban J connectivity index is 2.12. The van der Waals surface area contributed by atoms with Gasteiger partial charge in [-0.2, -0.15) is 0 Å². The molecular weight excluding hydrogens is 364 g/mol. The van der Waals surface area contributed by atoms with E-state index in [4.69, 9.17) is 4.74 Å². The lowest BCUT2D eigenvalue weighted by Crippen LogP contribution is -2.37. The van der Waals surface area contributed by atoms with Crippen LogP contribution in [0, 0.1) is 10.1 Å². The van der Waals surface area contributed by atoms with Gasteiger partial charge in [-0.15, -0.1) is 0 Å². The van der Waals surface area contributed by atoms with Crippen molar-refractivity contribution in [3.63, 3.8) is 0 Å². The SMILES string of the molecule is C=C(C)C(=O)OC1C(CC)=CC=CS12Nc1cc([N+](=O)[O-])ccc1C2(C)C. The molecular formula is C20H24N2O4S. The number of hydrogen-bond donors (Lipinski definition) is 1. The van der Waals surface area contributed by atoms with Gasteiger partial charge in [0.15, 0.2) is 5.44 Å². The van der Waals surface area contributed by atoms with Crippen LogP contribution in [0.4, 0.5) is 11.4 Å². The lowest BCUT2D eigenvalue weighted by molar-refractivity contribution is -0.384. The standard InChI is InChI=1S/C20H24N2O4S/c1-6-14-8-7-11-27(19(14)26-18(23)13(2)3)20(4,5)16-10-9-15(22(24)25)12-17(16)21-27/h7-12,19,21H,2,6H2,1,3-5H3. The number of nitrogens with zero attached hydrogens (tertiary/aromatic N) is 1. The highest BCUT2D eigenvalue weighted by molar-refractivity contribution is 8.38. The molecule has 2 unspecified atom stereocenters. The van der Waals surface area contributed by atoms with E-state index in [1.165, 1.54) is 6.07 Å². The number of benzene rings is 1. The summed E-state index contributed by atoms with van der Waals surface area (Å²) in [7, 11) is -1.88. The quantitative estimate of drug-likeness (QED) is 0.328. The number of anilines is 1. The third kappa shape index (κ3) is 2.86. The first kappa shape index (κ1) is 19.2. The molecule has 0 saturated heterocycles. The summed E-state index contributed by atoms with van der Waals surface area (Å²) in [5, 5.41) is 13.3. The molecule has 144 valence electrons. The van der Waals surface area contributed by atoms with E-state index in [0.29, 0.717) is 5.57 Å². The van der Waals surface area contributed by atoms with Crippen LogP contribution in [-0.2, 0) is 14.3 Å². The molecule has 1 aromatic rings. The largest absolute Gasteiger partial charge is 0.443 e. The molecule has 0 fully saturated rings. The smallest absolute Gasteiger partial charge is 0.334 e. The fourth-order valence-corrected chi connectivity index (χ4v) is 7.39. The first-order valence-electron chi connectivity index (χ1n) is 8.76. The monoisotopic (exact) mass is 388 g/mol. The summed E-state index contributed by atoms with van der Waals surface area (Å²) in [6.07, 6.45) is 4.72. The molecule has 1 N–H and O–H groups in total. The predicted molar refractivity (Wildman–Crippen MR) is 110 cm³/mol. The number of esters is 1. The zero-order valence-corrected chi connectivity index (χ0v) is 16.8. The maximum Gasteiger partial charge on any atom is 0.334 e. The fourth-order valence-electron chi connectivity index (χ4n) is 3.58. The number of nitro groups is 1. The van der Waals surface area contributed by atoms with Crippen molar-refractivity contribution in [1.29, 1.82) is 0 Å². The molecule has 2 aliphatic rings. The summed E-state index contributed by atoms with van der Waals surface area (Å²) in [6.45, 7) is 11.5. The van der Waals surface area contributed by atoms with Gasteiger partial charge in [0.2, 0.25) is 0 Å². The average molecular weight is 388 g/mol. The molecule has 0 saturated carbocycles. The third-order valence-electron chi connectivity index (χ3n) is 5.20. The Morgan fingerprint density at radius 2 is 2.15 bits per heavy atom. The summed E-state index contributed by atoms with van der Waals surface area (Å²) in [6, 6.07) is 4.89. The molecule has 7 heteroatoms. The van der Waals surface area contributed by atoms with Crippen LogP contribution in [0.15, 0.2) is 53.5 Å². The van der Waals surface area contributed by atoms with Crippen LogP contribution in [0.3, 0.4) is 0 Å². The van der Waals surface area contributed by atoms with E-state index < -0.39 is 26.5 Å². The highest BCUT2D eigenvalue weighted by Crippen LogP contribution is 2.75. The Hall–Kier alpha value is -2.54. The van der Waals surface area contributed by atoms with Crippen LogP contribution in [0.25, 0.3) is 0 Å². The van der Waals surface area contributed by atoms with Crippen molar-refractivity contribution in [1.82, 2.24) is 0 Å². The van der Waals surface area contributed by atoms with Crippen molar-refractivity contribution in [2.45, 2.75) is 44.3 Å². The molecule has 0 amide bonds. The number of allylic oxidation sites excluding steroid dienone is 2. The molecule has 0 aliphatic carbocycles. The van der Waals surface area contributed by atoms with Gasteiger partial charge < -0.3 is 9.46 Å². The highest BCUT2D eigenvalue weighted by atomic mass is 32.3. The maximum absolute atomic E-state index is 12.4. The zero-order valence-electron chi connectivity index (χ0n) is 15.9. The van der Waals surface area contributed by atoms with Crippen molar-refractivity contribution >= 4 is 27.6 Å². The molecule has 3 rings (SSSR count). The van der Waals surface area contributed by atoms with Crippen molar-refractivity contribution in [2.24, 2.45) is 0 Å². The average Bonchev–Trinajstić information content (AvgIpc) is 2.83. The van der Waals surface area contributed by atoms with E-state index >= 15 is 0 Å². The second-order valence-electron chi connectivity index (χ2n) is 7.25. The van der Waals surface area contributed by atoms with Crippen molar-refractivity contribution in [3.05, 3.63) is 69.2 Å². The van der Waals surface area contributed by atoms with Crippen molar-refractivity contribution in [2.75, 3.05) is 4.72 Å². The number of nitro benzene ring substituents is 1. The Bertz CT molecular complexity index is 903. The van der Waals surface area contributed by atoms with Gasteiger partial charge in [-0.1, -0.05) is 35.9 Å². The number of hydrogen-bond acceptors (Lipinski definition) is 5. The number of fused-ring (bicyclic) bond motifs is 1. The lowest BCUT2D eigenvalue weighted by Gasteiger charge is -2.51. The maximum atomic E-state index is 12.4. The Labute approximate surface area is 160 Å². The molecule has 0 aromatic heterocycles. The van der Waals surface area contributed by atoms with Gasteiger partial charge in [0.1, 0.15) is 0 Å². The summed E-state index contributed by atoms with van der Waals surface area (Å²) in [5.41, 5.74) is 2.65. The molecule has 1 aromatic carbocycles. The minimum atomic E-state index is -1.88. The minimum absolute atomic E-state index is 0.0371. The molecule has 6 nitrogen and oxygen atoms in total. The normalized spacial score (nSPS) is 27.1. The van der Waals surface area contributed by atoms with Gasteiger partial charge in [0, 0.05) is 22.5 Å². The van der Waals surface area contributed by atoms with Gasteiger partial charge >= 0.3 is 5.97 Å². The number of nitrogens with one attached hydrogen (secondary N) is 1. The van der Waals surface area contributed by atoms with Gasteiger partial charge in [-0.25, -0.2) is 4.79 Å². The van der Waals surface area contributed by atoms with Gasteiger partial charge in [0.05, 0.1) is 10.6 Å². The molecule has 1 spiro atoms. The highest BCUT2D eigenvalue weighted by Gasteiger charge is 2.54. The molecule has 2 aliphatic heterocycles. The second kappa shape index (κ2) is 6.56. The van der Waals surface area contributed by atoms with Crippen LogP contribution in [0.1, 0.15) is 39.7 Å². The fraction of sp³-hybridized carbons (Fsp3) is 0.350. The van der Waals surface area contributed by atoms with E-state index in [0.717, 1.165) is 23.2 Å². The minimum Gasteiger partial charge on any atom is -0.443 e. The van der Waals surface area contributed by atoms with E-state index in [1.807, 2.05) is 19.1 Å². The number of rotatable bonds is 4. The summed E-state index contributed by atoms with van der Waals surface area (Å²) >= 11 is 0. The first-order valence-corrected chi connectivity index (χ1v) is 10.5. The van der Waals surface area contributed by atoms with E-state index in [1.54, 1.807) is 19.1 Å². The number of carbonyl (C=O) groups excluding carboxylic acids is 1. The third-order valence-corrected chi connectivity index (χ3v) is 9.33. The van der Waals surface area contributed by atoms with Gasteiger partial charge in [-0.05, 0) is 49.8 Å². The summed E-state index contributed by atoms with van der Waals surface area (Å²) < 4.78 is 9.07. The second-order valence-corrected chi connectivity index (χ2v) is 10.6. The van der Waals surface area contributed by atoms with Crippen LogP contribution < -0.4 is 4.72 Å². The Morgan fingerprint density at radius 3 is 2.74 bits per heavy atom. The Kier molecular flexibility index (Phi) is 4.67. The molecule has 0 bridgehead atoms. The van der Waals surface area contributed by atoms with Gasteiger partial charge in [0.25, 0.3) is 5.69 Å². The first-order chi connectivity index (χ1) is 12.6. The molecule has 0 radical (unpaired) electrons. The molecule has 27 heavy (non-hydrogen) atoms. The van der Waals surface area contributed by atoms with Crippen LogP contribution in [-0.4, -0.2) is 16.3 Å². The van der Waals surface area contributed by atoms with Crippen LogP contribution in [0.5, 0.6) is 0 Å². The van der Waals surface area contributed by atoms with Crippen molar-refractivity contribution in [3.8, 4) is 0 Å². The molecule has 2 heterocycles. The van der Waals surface area contributed by atoms with E-state index in [-0.39, 0.29) is 10.4 Å². The number of non-ortho nitro benzene ring substituents is 1. The molecule has 2 atom stereocenters. The van der Waals surface area contributed by atoms with E-state index in [9.17, 15) is 14.9 Å². The lowest BCUT2D eigenvalue weighted by atomic mass is 10.0.